The van der Waals surface area contributed by atoms with Gasteiger partial charge in [0, 0.05) is 11.2 Å². The van der Waals surface area contributed by atoms with Gasteiger partial charge >= 0.3 is 0 Å². The molecule has 0 N–H and O–H groups in total. The minimum Gasteiger partial charge on any atom is -0.493 e. The normalized spacial score (nSPS) is 11.1. The molecule has 0 aliphatic carbocycles. The third-order valence-electron chi connectivity index (χ3n) is 5.39. The first-order chi connectivity index (χ1) is 18.1. The summed E-state index contributed by atoms with van der Waals surface area (Å²) in [6.45, 7) is 0.336. The predicted molar refractivity (Wildman–Crippen MR) is 143 cm³/mol. The van der Waals surface area contributed by atoms with Crippen LogP contribution in [0, 0.1) is 11.3 Å². The molecule has 0 fully saturated rings. The molecule has 0 saturated heterocycles. The van der Waals surface area contributed by atoms with Crippen LogP contribution in [-0.4, -0.2) is 13.3 Å². The summed E-state index contributed by atoms with van der Waals surface area (Å²) < 4.78 is 29.3. The van der Waals surface area contributed by atoms with E-state index in [1.165, 1.54) is 12.5 Å². The van der Waals surface area contributed by atoms with E-state index in [2.05, 4.69) is 27.0 Å². The van der Waals surface area contributed by atoms with Crippen molar-refractivity contribution < 1.29 is 22.7 Å². The number of rotatable bonds is 8. The molecule has 5 rings (SSSR count). The van der Waals surface area contributed by atoms with E-state index in [-0.39, 0.29) is 11.4 Å². The van der Waals surface area contributed by atoms with Gasteiger partial charge < -0.3 is 22.7 Å². The molecule has 0 unspecified atom stereocenters. The van der Waals surface area contributed by atoms with Crippen LogP contribution in [0.15, 0.2) is 95.9 Å². The molecule has 7 nitrogen and oxygen atoms in total. The molecule has 0 spiro atoms. The minimum atomic E-state index is 0.124. The number of halogens is 2. The molecule has 0 saturated carbocycles. The second kappa shape index (κ2) is 10.8. The predicted octanol–water partition coefficient (Wildman–Crippen LogP) is 8.43. The van der Waals surface area contributed by atoms with E-state index in [4.69, 9.17) is 34.3 Å². The lowest BCUT2D eigenvalue weighted by atomic mass is 10.1. The summed E-state index contributed by atoms with van der Waals surface area (Å²) in [5, 5.41) is 10.6. The number of hydrogen-bond donors (Lipinski definition) is 0. The lowest BCUT2D eigenvalue weighted by Crippen LogP contribution is -1.99. The zero-order valence-corrected chi connectivity index (χ0v) is 21.7. The summed E-state index contributed by atoms with van der Waals surface area (Å²) in [5.41, 5.74) is 2.36. The summed E-state index contributed by atoms with van der Waals surface area (Å²) >= 11 is 9.52. The van der Waals surface area contributed by atoms with Gasteiger partial charge in [-0.05, 0) is 75.6 Å². The molecule has 0 radical (unpaired) electrons. The van der Waals surface area contributed by atoms with Gasteiger partial charge in [0.15, 0.2) is 23.0 Å². The molecule has 0 aliphatic rings. The van der Waals surface area contributed by atoms with Crippen molar-refractivity contribution in [3.63, 3.8) is 0 Å². The largest absolute Gasteiger partial charge is 0.493 e. The van der Waals surface area contributed by atoms with Crippen molar-refractivity contribution in [2.75, 3.05) is 7.11 Å². The van der Waals surface area contributed by atoms with E-state index in [1.54, 1.807) is 43.7 Å². The quantitative estimate of drug-likeness (QED) is 0.172. The Hall–Kier alpha value is -4.19. The van der Waals surface area contributed by atoms with E-state index in [1.807, 2.05) is 30.3 Å². The maximum Gasteiger partial charge on any atom is 0.238 e. The third kappa shape index (κ3) is 5.19. The van der Waals surface area contributed by atoms with Crippen LogP contribution in [0.1, 0.15) is 16.7 Å². The molecule has 0 bridgehead atoms. The molecule has 184 valence electrons. The highest BCUT2D eigenvalue weighted by molar-refractivity contribution is 9.10. The molecule has 0 aliphatic heterocycles. The van der Waals surface area contributed by atoms with Gasteiger partial charge in [0.1, 0.15) is 24.0 Å². The first-order valence-corrected chi connectivity index (χ1v) is 12.2. The van der Waals surface area contributed by atoms with Crippen LogP contribution in [-0.2, 0) is 6.61 Å². The molecule has 0 amide bonds. The minimum absolute atomic E-state index is 0.124. The maximum absolute atomic E-state index is 9.93. The molecule has 37 heavy (non-hydrogen) atoms. The van der Waals surface area contributed by atoms with Crippen molar-refractivity contribution >= 4 is 39.6 Å². The van der Waals surface area contributed by atoms with E-state index in [0.29, 0.717) is 56.0 Å². The molecule has 2 aromatic carbocycles. The zero-order chi connectivity index (χ0) is 25.8. The van der Waals surface area contributed by atoms with Crippen LogP contribution >= 0.6 is 27.5 Å². The Kier molecular flexibility index (Phi) is 7.17. The fraction of sp³-hybridized carbons (Fsp3) is 0.0714. The zero-order valence-electron chi connectivity index (χ0n) is 19.4. The van der Waals surface area contributed by atoms with Crippen molar-refractivity contribution in [1.82, 2.24) is 0 Å². The highest BCUT2D eigenvalue weighted by atomic mass is 79.9. The monoisotopic (exact) mass is 576 g/mol. The number of benzene rings is 2. The van der Waals surface area contributed by atoms with E-state index in [0.717, 1.165) is 5.56 Å². The topological polar surface area (TPSA) is 94.0 Å². The first kappa shape index (κ1) is 24.5. The fourth-order valence-electron chi connectivity index (χ4n) is 3.67. The average molecular weight is 578 g/mol. The van der Waals surface area contributed by atoms with Gasteiger partial charge in [0.2, 0.25) is 5.88 Å². The van der Waals surface area contributed by atoms with Gasteiger partial charge in [-0.3, -0.25) is 0 Å². The summed E-state index contributed by atoms with van der Waals surface area (Å²) in [6, 6.07) is 20.2. The maximum atomic E-state index is 9.93. The summed E-state index contributed by atoms with van der Waals surface area (Å²) in [4.78, 5) is 4.47. The Morgan fingerprint density at radius 2 is 1.78 bits per heavy atom. The van der Waals surface area contributed by atoms with Crippen molar-refractivity contribution in [2.24, 2.45) is 4.99 Å². The Balaban J connectivity index is 1.46. The van der Waals surface area contributed by atoms with E-state index < -0.39 is 0 Å². The van der Waals surface area contributed by atoms with Crippen LogP contribution in [0.3, 0.4) is 0 Å². The van der Waals surface area contributed by atoms with Gasteiger partial charge in [-0.2, -0.15) is 5.26 Å². The van der Waals surface area contributed by atoms with Gasteiger partial charge in [-0.1, -0.05) is 23.7 Å². The van der Waals surface area contributed by atoms with Crippen LogP contribution < -0.4 is 9.47 Å². The Morgan fingerprint density at radius 3 is 2.43 bits per heavy atom. The molecule has 3 aromatic heterocycles. The van der Waals surface area contributed by atoms with Crippen molar-refractivity contribution in [3.8, 4) is 40.4 Å². The first-order valence-electron chi connectivity index (χ1n) is 11.0. The third-order valence-corrected chi connectivity index (χ3v) is 6.23. The van der Waals surface area contributed by atoms with E-state index >= 15 is 0 Å². The summed E-state index contributed by atoms with van der Waals surface area (Å²) in [7, 11) is 1.56. The van der Waals surface area contributed by atoms with Crippen LogP contribution in [0.25, 0.3) is 22.8 Å². The summed E-state index contributed by atoms with van der Waals surface area (Å²) in [6.07, 6.45) is 4.63. The van der Waals surface area contributed by atoms with Gasteiger partial charge in [0.05, 0.1) is 29.7 Å². The smallest absolute Gasteiger partial charge is 0.238 e. The number of hydrogen-bond acceptors (Lipinski definition) is 7. The Bertz CT molecular complexity index is 1580. The van der Waals surface area contributed by atoms with Crippen LogP contribution in [0.2, 0.25) is 5.02 Å². The molecular weight excluding hydrogens is 560 g/mol. The van der Waals surface area contributed by atoms with Gasteiger partial charge in [-0.15, -0.1) is 0 Å². The second-order valence-electron chi connectivity index (χ2n) is 7.76. The Labute approximate surface area is 225 Å². The lowest BCUT2D eigenvalue weighted by molar-refractivity contribution is 0.282. The van der Waals surface area contributed by atoms with Crippen molar-refractivity contribution in [2.45, 2.75) is 6.61 Å². The van der Waals surface area contributed by atoms with Crippen LogP contribution in [0.5, 0.6) is 11.5 Å². The number of methoxy groups -OCH3 is 1. The standard InChI is InChI=1S/C28H18BrClN2O5/c1-33-24-13-18(12-21(29)26(24)36-16-17-6-8-19(30)9-7-17)15-32-28-20(14-31)25(22-4-2-10-34-22)27(37-28)23-5-3-11-35-23/h2-13,15H,16H2,1H3. The van der Waals surface area contributed by atoms with Crippen molar-refractivity contribution in [1.29, 1.82) is 5.26 Å². The van der Waals surface area contributed by atoms with Gasteiger partial charge in [-0.25, -0.2) is 4.99 Å². The second-order valence-corrected chi connectivity index (χ2v) is 9.05. The van der Waals surface area contributed by atoms with Gasteiger partial charge in [0.25, 0.3) is 0 Å². The van der Waals surface area contributed by atoms with E-state index in [9.17, 15) is 5.26 Å². The van der Waals surface area contributed by atoms with Crippen LogP contribution in [0.4, 0.5) is 5.88 Å². The fourth-order valence-corrected chi connectivity index (χ4v) is 4.37. The summed E-state index contributed by atoms with van der Waals surface area (Å²) in [5.74, 6) is 2.46. The number of nitriles is 1. The Morgan fingerprint density at radius 1 is 1.05 bits per heavy atom. The SMILES string of the molecule is COc1cc(C=Nc2oc(-c3ccco3)c(-c3ccco3)c2C#N)cc(Br)c1OCc1ccc(Cl)cc1. The molecular formula is C28H18BrClN2O5. The highest BCUT2D eigenvalue weighted by Crippen LogP contribution is 2.43. The molecule has 5 aromatic rings. The molecule has 0 atom stereocenters. The number of furan rings is 3. The number of nitrogens with zero attached hydrogens (tertiary/aromatic N) is 2. The lowest BCUT2D eigenvalue weighted by Gasteiger charge is -2.13. The number of ether oxygens (including phenoxy) is 2. The number of aliphatic imine (C=N–C) groups is 1. The highest BCUT2D eigenvalue weighted by Gasteiger charge is 2.26. The average Bonchev–Trinajstić information content (AvgIpc) is 3.68. The van der Waals surface area contributed by atoms with Crippen molar-refractivity contribution in [3.05, 3.63) is 99.4 Å². The molecule has 9 heteroatoms. The molecule has 3 heterocycles.